The average molecular weight is 389 g/mol. The molecular formula is C25H28N2O2. The smallest absolute Gasteiger partial charge is 0.338 e. The molecule has 4 nitrogen and oxygen atoms in total. The van der Waals surface area contributed by atoms with E-state index in [1.54, 1.807) is 0 Å². The minimum Gasteiger partial charge on any atom is -0.465 e. The van der Waals surface area contributed by atoms with E-state index in [2.05, 4.69) is 58.3 Å². The summed E-state index contributed by atoms with van der Waals surface area (Å²) in [5.41, 5.74) is 6.06. The fraction of sp³-hybridized carbons (Fsp3) is 0.240. The fourth-order valence-corrected chi connectivity index (χ4v) is 3.53. The predicted molar refractivity (Wildman–Crippen MR) is 120 cm³/mol. The van der Waals surface area contributed by atoms with E-state index < -0.39 is 0 Å². The lowest BCUT2D eigenvalue weighted by molar-refractivity contribution is 0.0599. The van der Waals surface area contributed by atoms with E-state index in [1.807, 2.05) is 52.5 Å². The second-order valence-corrected chi connectivity index (χ2v) is 7.48. The van der Waals surface area contributed by atoms with Gasteiger partial charge in [-0.15, -0.1) is 0 Å². The molecule has 0 aromatic heterocycles. The predicted octanol–water partition coefficient (Wildman–Crippen LogP) is 4.79. The van der Waals surface area contributed by atoms with Gasteiger partial charge in [0.25, 0.3) is 0 Å². The van der Waals surface area contributed by atoms with Crippen LogP contribution in [0.25, 0.3) is 0 Å². The highest BCUT2D eigenvalue weighted by Gasteiger charge is 2.23. The van der Waals surface area contributed by atoms with Gasteiger partial charge in [0.05, 0.1) is 12.7 Å². The highest BCUT2D eigenvalue weighted by atomic mass is 16.5. The van der Waals surface area contributed by atoms with Gasteiger partial charge in [-0.25, -0.2) is 4.79 Å². The van der Waals surface area contributed by atoms with Crippen LogP contribution in [0.15, 0.2) is 72.8 Å². The van der Waals surface area contributed by atoms with Gasteiger partial charge in [-0.2, -0.15) is 0 Å². The van der Waals surface area contributed by atoms with Crippen molar-refractivity contribution in [3.05, 3.63) is 95.1 Å². The number of benzene rings is 3. The Labute approximate surface area is 173 Å². The van der Waals surface area contributed by atoms with Crippen molar-refractivity contribution in [2.45, 2.75) is 5.92 Å². The Kier molecular flexibility index (Phi) is 6.23. The van der Waals surface area contributed by atoms with Crippen molar-refractivity contribution in [1.82, 2.24) is 0 Å². The van der Waals surface area contributed by atoms with Crippen LogP contribution in [0.4, 0.5) is 11.4 Å². The van der Waals surface area contributed by atoms with Crippen molar-refractivity contribution in [1.29, 1.82) is 0 Å². The first-order valence-corrected chi connectivity index (χ1v) is 9.64. The van der Waals surface area contributed by atoms with Gasteiger partial charge in [0.15, 0.2) is 0 Å². The molecule has 0 saturated carbocycles. The van der Waals surface area contributed by atoms with Crippen molar-refractivity contribution < 1.29 is 9.53 Å². The maximum atomic E-state index is 12.5. The summed E-state index contributed by atoms with van der Waals surface area (Å²) in [6, 6.07) is 24.6. The number of esters is 1. The van der Waals surface area contributed by atoms with Crippen LogP contribution in [0.2, 0.25) is 0 Å². The van der Waals surface area contributed by atoms with Crippen molar-refractivity contribution in [2.75, 3.05) is 45.1 Å². The highest BCUT2D eigenvalue weighted by Crippen LogP contribution is 2.35. The van der Waals surface area contributed by atoms with Crippen LogP contribution in [0.3, 0.4) is 0 Å². The Balaban J connectivity index is 2.16. The fourth-order valence-electron chi connectivity index (χ4n) is 3.53. The van der Waals surface area contributed by atoms with Crippen molar-refractivity contribution >= 4 is 17.3 Å². The summed E-state index contributed by atoms with van der Waals surface area (Å²) in [4.78, 5) is 16.6. The van der Waals surface area contributed by atoms with Crippen LogP contribution in [0, 0.1) is 0 Å². The van der Waals surface area contributed by atoms with Crippen LogP contribution in [0.5, 0.6) is 0 Å². The summed E-state index contributed by atoms with van der Waals surface area (Å²) >= 11 is 0. The minimum atomic E-state index is -0.319. The first kappa shape index (κ1) is 20.5. The summed E-state index contributed by atoms with van der Waals surface area (Å²) < 4.78 is 5.05. The zero-order valence-corrected chi connectivity index (χ0v) is 17.7. The van der Waals surface area contributed by atoms with E-state index >= 15 is 0 Å². The molecule has 150 valence electrons. The van der Waals surface area contributed by atoms with Crippen LogP contribution in [-0.2, 0) is 4.74 Å². The monoisotopic (exact) mass is 388 g/mol. The molecule has 0 bridgehead atoms. The SMILES string of the molecule is COC(=O)c1ccccc1C(c1ccc(N(C)C)cc1)c1ccc(N(C)C)cc1. The molecule has 3 aromatic carbocycles. The molecule has 0 amide bonds. The zero-order valence-electron chi connectivity index (χ0n) is 17.7. The molecule has 0 aliphatic carbocycles. The second-order valence-electron chi connectivity index (χ2n) is 7.48. The molecule has 0 aliphatic heterocycles. The molecule has 0 spiro atoms. The summed E-state index contributed by atoms with van der Waals surface area (Å²) in [6.07, 6.45) is 0. The van der Waals surface area contributed by atoms with E-state index in [1.165, 1.54) is 7.11 Å². The van der Waals surface area contributed by atoms with Gasteiger partial charge in [0.2, 0.25) is 0 Å². The Morgan fingerprint density at radius 1 is 0.724 bits per heavy atom. The zero-order chi connectivity index (χ0) is 21.0. The number of carbonyl (C=O) groups excluding carboxylic acids is 1. The lowest BCUT2D eigenvalue weighted by Gasteiger charge is -2.23. The third-order valence-electron chi connectivity index (χ3n) is 5.16. The number of nitrogens with zero attached hydrogens (tertiary/aromatic N) is 2. The third-order valence-corrected chi connectivity index (χ3v) is 5.16. The number of methoxy groups -OCH3 is 1. The summed E-state index contributed by atoms with van der Waals surface area (Å²) in [6.45, 7) is 0. The Hall–Kier alpha value is -3.27. The molecule has 0 saturated heterocycles. The van der Waals surface area contributed by atoms with Gasteiger partial charge in [0, 0.05) is 45.5 Å². The minimum absolute atomic E-state index is 0.0716. The Bertz CT molecular complexity index is 909. The topological polar surface area (TPSA) is 32.8 Å². The number of anilines is 2. The molecule has 0 radical (unpaired) electrons. The molecule has 0 aliphatic rings. The number of carbonyl (C=O) groups is 1. The average Bonchev–Trinajstić information content (AvgIpc) is 2.74. The lowest BCUT2D eigenvalue weighted by atomic mass is 9.82. The second kappa shape index (κ2) is 8.82. The maximum Gasteiger partial charge on any atom is 0.338 e. The van der Waals surface area contributed by atoms with Crippen LogP contribution >= 0.6 is 0 Å². The number of hydrogen-bond donors (Lipinski definition) is 0. The summed E-state index contributed by atoms with van der Waals surface area (Å²) in [5.74, 6) is -0.391. The maximum absolute atomic E-state index is 12.5. The highest BCUT2D eigenvalue weighted by molar-refractivity contribution is 5.91. The van der Waals surface area contributed by atoms with E-state index in [4.69, 9.17) is 4.74 Å². The molecule has 0 unspecified atom stereocenters. The van der Waals surface area contributed by atoms with Crippen molar-refractivity contribution in [3.8, 4) is 0 Å². The molecule has 29 heavy (non-hydrogen) atoms. The number of ether oxygens (including phenoxy) is 1. The summed E-state index contributed by atoms with van der Waals surface area (Å²) in [5, 5.41) is 0. The van der Waals surface area contributed by atoms with Crippen LogP contribution in [-0.4, -0.2) is 41.3 Å². The van der Waals surface area contributed by atoms with Crippen LogP contribution < -0.4 is 9.80 Å². The Morgan fingerprint density at radius 2 is 1.17 bits per heavy atom. The standard InChI is InChI=1S/C25H28N2O2/c1-26(2)20-14-10-18(11-15-20)24(19-12-16-21(17-13-19)27(3)4)22-8-6-7-9-23(22)25(28)29-5/h6-17,24H,1-5H3. The van der Waals surface area contributed by atoms with Crippen molar-refractivity contribution in [2.24, 2.45) is 0 Å². The largest absolute Gasteiger partial charge is 0.465 e. The summed E-state index contributed by atoms with van der Waals surface area (Å²) in [7, 11) is 9.53. The molecule has 0 heterocycles. The first-order valence-electron chi connectivity index (χ1n) is 9.64. The van der Waals surface area contributed by atoms with Crippen molar-refractivity contribution in [3.63, 3.8) is 0 Å². The molecule has 0 fully saturated rings. The van der Waals surface area contributed by atoms with E-state index in [-0.39, 0.29) is 11.9 Å². The van der Waals surface area contributed by atoms with E-state index in [0.29, 0.717) is 5.56 Å². The van der Waals surface area contributed by atoms with Gasteiger partial charge in [-0.3, -0.25) is 0 Å². The molecule has 4 heteroatoms. The van der Waals surface area contributed by atoms with Gasteiger partial charge < -0.3 is 14.5 Å². The van der Waals surface area contributed by atoms with Gasteiger partial charge in [0.1, 0.15) is 0 Å². The molecule has 0 N–H and O–H groups in total. The number of rotatable bonds is 6. The third kappa shape index (κ3) is 4.43. The van der Waals surface area contributed by atoms with Gasteiger partial charge in [-0.1, -0.05) is 42.5 Å². The molecule has 0 atom stereocenters. The Morgan fingerprint density at radius 3 is 1.59 bits per heavy atom. The van der Waals surface area contributed by atoms with Gasteiger partial charge >= 0.3 is 5.97 Å². The van der Waals surface area contributed by atoms with E-state index in [0.717, 1.165) is 28.1 Å². The molecule has 3 aromatic rings. The first-order chi connectivity index (χ1) is 13.9. The normalized spacial score (nSPS) is 10.7. The molecular weight excluding hydrogens is 360 g/mol. The van der Waals surface area contributed by atoms with Gasteiger partial charge in [-0.05, 0) is 47.0 Å². The lowest BCUT2D eigenvalue weighted by Crippen LogP contribution is -2.13. The quantitative estimate of drug-likeness (QED) is 0.449. The molecule has 3 rings (SSSR count). The number of hydrogen-bond acceptors (Lipinski definition) is 4. The van der Waals surface area contributed by atoms with Crippen LogP contribution in [0.1, 0.15) is 33.0 Å². The van der Waals surface area contributed by atoms with E-state index in [9.17, 15) is 4.79 Å².